The lowest BCUT2D eigenvalue weighted by atomic mass is 10.1. The van der Waals surface area contributed by atoms with E-state index in [0.717, 1.165) is 5.56 Å². The first-order chi connectivity index (χ1) is 10.2. The largest absolute Gasteiger partial charge is 0.352 e. The SMILES string of the molecule is O=[N+]([O-])c1cnn(C(Cn2cccc2)c2ccccc2)c1. The van der Waals surface area contributed by atoms with Crippen molar-refractivity contribution in [2.75, 3.05) is 0 Å². The normalized spacial score (nSPS) is 12.2. The maximum absolute atomic E-state index is 10.8. The average Bonchev–Trinajstić information content (AvgIpc) is 3.17. The predicted octanol–water partition coefficient (Wildman–Crippen LogP) is 2.88. The maximum Gasteiger partial charge on any atom is 0.307 e. The van der Waals surface area contributed by atoms with Crippen LogP contribution >= 0.6 is 0 Å². The molecule has 0 saturated carbocycles. The number of aromatic nitrogens is 3. The van der Waals surface area contributed by atoms with Gasteiger partial charge in [0.15, 0.2) is 0 Å². The van der Waals surface area contributed by atoms with Crippen molar-refractivity contribution in [2.45, 2.75) is 12.6 Å². The molecule has 0 N–H and O–H groups in total. The molecule has 0 aliphatic rings. The molecule has 0 spiro atoms. The van der Waals surface area contributed by atoms with E-state index in [1.165, 1.54) is 12.4 Å². The van der Waals surface area contributed by atoms with E-state index in [4.69, 9.17) is 0 Å². The van der Waals surface area contributed by atoms with Crippen molar-refractivity contribution in [2.24, 2.45) is 0 Å². The molecule has 2 heterocycles. The van der Waals surface area contributed by atoms with Crippen molar-refractivity contribution < 1.29 is 4.92 Å². The van der Waals surface area contributed by atoms with Crippen LogP contribution in [0, 0.1) is 10.1 Å². The fraction of sp³-hybridized carbons (Fsp3) is 0.133. The second kappa shape index (κ2) is 5.62. The standard InChI is InChI=1S/C15H14N4O2/c20-19(21)14-10-16-18(11-14)15(12-17-8-4-5-9-17)13-6-2-1-3-7-13/h1-11,15H,12H2. The van der Waals surface area contributed by atoms with Gasteiger partial charge in [0.05, 0.1) is 11.0 Å². The molecule has 2 aromatic heterocycles. The molecule has 6 nitrogen and oxygen atoms in total. The molecule has 0 saturated heterocycles. The van der Waals surface area contributed by atoms with Crippen LogP contribution in [0.2, 0.25) is 0 Å². The van der Waals surface area contributed by atoms with Crippen LogP contribution in [0.1, 0.15) is 11.6 Å². The zero-order chi connectivity index (χ0) is 14.7. The van der Waals surface area contributed by atoms with Gasteiger partial charge in [-0.3, -0.25) is 14.8 Å². The third-order valence-electron chi connectivity index (χ3n) is 3.35. The summed E-state index contributed by atoms with van der Waals surface area (Å²) < 4.78 is 3.68. The summed E-state index contributed by atoms with van der Waals surface area (Å²) in [5.41, 5.74) is 1.06. The van der Waals surface area contributed by atoms with Crippen molar-refractivity contribution in [1.82, 2.24) is 14.3 Å². The minimum absolute atomic E-state index is 0.00318. The zero-order valence-electron chi connectivity index (χ0n) is 11.2. The molecule has 3 aromatic rings. The Bertz CT molecular complexity index is 719. The number of hydrogen-bond acceptors (Lipinski definition) is 3. The Morgan fingerprint density at radius 3 is 2.48 bits per heavy atom. The summed E-state index contributed by atoms with van der Waals surface area (Å²) >= 11 is 0. The Hall–Kier alpha value is -2.89. The zero-order valence-corrected chi connectivity index (χ0v) is 11.2. The van der Waals surface area contributed by atoms with Gasteiger partial charge in [0.25, 0.3) is 0 Å². The van der Waals surface area contributed by atoms with Gasteiger partial charge in [-0.15, -0.1) is 0 Å². The summed E-state index contributed by atoms with van der Waals surface area (Å²) in [6.45, 7) is 0.663. The Morgan fingerprint density at radius 1 is 1.14 bits per heavy atom. The molecule has 0 fully saturated rings. The maximum atomic E-state index is 10.8. The predicted molar refractivity (Wildman–Crippen MR) is 77.9 cm³/mol. The van der Waals surface area contributed by atoms with Crippen molar-refractivity contribution in [3.63, 3.8) is 0 Å². The highest BCUT2D eigenvalue weighted by atomic mass is 16.6. The van der Waals surface area contributed by atoms with Crippen molar-refractivity contribution >= 4 is 5.69 Å². The quantitative estimate of drug-likeness (QED) is 0.534. The van der Waals surface area contributed by atoms with Gasteiger partial charge in [-0.2, -0.15) is 5.10 Å². The van der Waals surface area contributed by atoms with Crippen LogP contribution in [0.4, 0.5) is 5.69 Å². The van der Waals surface area contributed by atoms with Crippen LogP contribution in [0.15, 0.2) is 67.3 Å². The molecule has 0 radical (unpaired) electrons. The Labute approximate surface area is 121 Å². The summed E-state index contributed by atoms with van der Waals surface area (Å²) in [4.78, 5) is 10.4. The Balaban J connectivity index is 1.96. The number of hydrogen-bond donors (Lipinski definition) is 0. The third-order valence-corrected chi connectivity index (χ3v) is 3.35. The van der Waals surface area contributed by atoms with Crippen LogP contribution in [0.3, 0.4) is 0 Å². The second-order valence-corrected chi connectivity index (χ2v) is 4.74. The smallest absolute Gasteiger partial charge is 0.307 e. The van der Waals surface area contributed by atoms with Gasteiger partial charge < -0.3 is 4.57 Å². The Morgan fingerprint density at radius 2 is 1.86 bits per heavy atom. The third kappa shape index (κ3) is 2.84. The van der Waals surface area contributed by atoms with E-state index in [-0.39, 0.29) is 11.7 Å². The van der Waals surface area contributed by atoms with Crippen LogP contribution < -0.4 is 0 Å². The molecule has 1 atom stereocenters. The molecule has 0 aliphatic heterocycles. The Kier molecular flexibility index (Phi) is 3.51. The van der Waals surface area contributed by atoms with Crippen LogP contribution in [0.5, 0.6) is 0 Å². The molecule has 0 bridgehead atoms. The van der Waals surface area contributed by atoms with Gasteiger partial charge in [0, 0.05) is 18.9 Å². The molecule has 0 amide bonds. The number of rotatable bonds is 5. The van der Waals surface area contributed by atoms with Gasteiger partial charge in [0.1, 0.15) is 12.4 Å². The number of benzene rings is 1. The van der Waals surface area contributed by atoms with Crippen LogP contribution in [0.25, 0.3) is 0 Å². The number of nitrogens with zero attached hydrogens (tertiary/aromatic N) is 4. The van der Waals surface area contributed by atoms with E-state index in [2.05, 4.69) is 5.10 Å². The van der Waals surface area contributed by atoms with E-state index in [9.17, 15) is 10.1 Å². The first-order valence-electron chi connectivity index (χ1n) is 6.58. The van der Waals surface area contributed by atoms with Crippen LogP contribution in [-0.2, 0) is 6.54 Å². The van der Waals surface area contributed by atoms with Crippen molar-refractivity contribution in [1.29, 1.82) is 0 Å². The van der Waals surface area contributed by atoms with Gasteiger partial charge in [-0.05, 0) is 17.7 Å². The van der Waals surface area contributed by atoms with Crippen molar-refractivity contribution in [3.05, 3.63) is 82.9 Å². The highest BCUT2D eigenvalue weighted by Crippen LogP contribution is 2.22. The first-order valence-corrected chi connectivity index (χ1v) is 6.58. The summed E-state index contributed by atoms with van der Waals surface area (Å²) in [6, 6.07) is 13.7. The highest BCUT2D eigenvalue weighted by Gasteiger charge is 2.18. The van der Waals surface area contributed by atoms with Crippen LogP contribution in [-0.4, -0.2) is 19.3 Å². The number of nitro groups is 1. The summed E-state index contributed by atoms with van der Waals surface area (Å²) in [5, 5.41) is 15.0. The topological polar surface area (TPSA) is 65.9 Å². The fourth-order valence-electron chi connectivity index (χ4n) is 2.30. The molecule has 6 heteroatoms. The van der Waals surface area contributed by atoms with Gasteiger partial charge in [-0.25, -0.2) is 0 Å². The van der Waals surface area contributed by atoms with Gasteiger partial charge in [0.2, 0.25) is 0 Å². The molecule has 1 unspecified atom stereocenters. The van der Waals surface area contributed by atoms with Gasteiger partial charge >= 0.3 is 5.69 Å². The molecular formula is C15H14N4O2. The summed E-state index contributed by atoms with van der Waals surface area (Å²) in [6.07, 6.45) is 6.69. The lowest BCUT2D eigenvalue weighted by Crippen LogP contribution is -2.17. The average molecular weight is 282 g/mol. The molecule has 106 valence electrons. The van der Waals surface area contributed by atoms with E-state index in [1.807, 2.05) is 59.4 Å². The molecule has 1 aromatic carbocycles. The van der Waals surface area contributed by atoms with Gasteiger partial charge in [-0.1, -0.05) is 30.3 Å². The van der Waals surface area contributed by atoms with E-state index >= 15 is 0 Å². The minimum Gasteiger partial charge on any atom is -0.352 e. The lowest BCUT2D eigenvalue weighted by molar-refractivity contribution is -0.385. The minimum atomic E-state index is -0.429. The molecule has 21 heavy (non-hydrogen) atoms. The molecular weight excluding hydrogens is 268 g/mol. The first kappa shape index (κ1) is 13.1. The van der Waals surface area contributed by atoms with Crippen molar-refractivity contribution in [3.8, 4) is 0 Å². The summed E-state index contributed by atoms with van der Waals surface area (Å²) in [7, 11) is 0. The second-order valence-electron chi connectivity index (χ2n) is 4.74. The molecule has 3 rings (SSSR count). The van der Waals surface area contributed by atoms with E-state index < -0.39 is 4.92 Å². The summed E-state index contributed by atoms with van der Waals surface area (Å²) in [5.74, 6) is 0. The van der Waals surface area contributed by atoms with E-state index in [1.54, 1.807) is 4.68 Å². The monoisotopic (exact) mass is 282 g/mol. The highest BCUT2D eigenvalue weighted by molar-refractivity contribution is 5.25. The molecule has 0 aliphatic carbocycles. The fourth-order valence-corrected chi connectivity index (χ4v) is 2.30. The lowest BCUT2D eigenvalue weighted by Gasteiger charge is -2.18. The van der Waals surface area contributed by atoms with E-state index in [0.29, 0.717) is 6.54 Å².